The molecule has 0 atom stereocenters. The van der Waals surface area contributed by atoms with Gasteiger partial charge in [0.05, 0.1) is 27.9 Å². The lowest BCUT2D eigenvalue weighted by molar-refractivity contribution is -0.0184. The van der Waals surface area contributed by atoms with E-state index in [1.54, 1.807) is 6.07 Å². The molecule has 2 aromatic rings. The minimum atomic E-state index is -0.255. The summed E-state index contributed by atoms with van der Waals surface area (Å²) in [6, 6.07) is 5.63. The summed E-state index contributed by atoms with van der Waals surface area (Å²) in [7, 11) is 0. The van der Waals surface area contributed by atoms with Gasteiger partial charge in [-0.25, -0.2) is 4.98 Å². The average molecular weight is 397 g/mol. The molecule has 0 aliphatic heterocycles. The minimum Gasteiger partial charge on any atom is -0.478 e. The van der Waals surface area contributed by atoms with Gasteiger partial charge in [0.1, 0.15) is 6.61 Å². The van der Waals surface area contributed by atoms with Gasteiger partial charge in [0.25, 0.3) is 0 Å². The lowest BCUT2D eigenvalue weighted by Gasteiger charge is -2.20. The van der Waals surface area contributed by atoms with Crippen molar-refractivity contribution >= 4 is 23.2 Å². The molecule has 0 N–H and O–H groups in total. The number of hydrogen-bond acceptors (Lipinski definition) is 4. The first-order valence-corrected chi connectivity index (χ1v) is 9.59. The maximum absolute atomic E-state index is 6.37. The quantitative estimate of drug-likeness (QED) is 0.606. The van der Waals surface area contributed by atoms with Crippen LogP contribution >= 0.6 is 23.2 Å². The molecule has 0 fully saturated rings. The third-order valence-corrected chi connectivity index (χ3v) is 4.61. The van der Waals surface area contributed by atoms with Crippen molar-refractivity contribution in [3.63, 3.8) is 0 Å². The molecule has 0 aliphatic rings. The standard InChI is InChI=1S/C20H26Cl2N2O2/c1-6-16-14(11-13-9-8-10-15(21)18(13)22)19(25-7-2)24-17(23-16)12-26-20(3,4)5/h8-10H,6-7,11-12H2,1-5H3. The van der Waals surface area contributed by atoms with E-state index in [0.29, 0.717) is 41.4 Å². The number of hydrogen-bond donors (Lipinski definition) is 0. The van der Waals surface area contributed by atoms with Crippen LogP contribution in [0.1, 0.15) is 57.3 Å². The van der Waals surface area contributed by atoms with Gasteiger partial charge in [-0.05, 0) is 45.7 Å². The van der Waals surface area contributed by atoms with Crippen LogP contribution in [-0.2, 0) is 24.2 Å². The van der Waals surface area contributed by atoms with E-state index < -0.39 is 0 Å². The largest absolute Gasteiger partial charge is 0.478 e. The highest BCUT2D eigenvalue weighted by molar-refractivity contribution is 6.42. The van der Waals surface area contributed by atoms with E-state index in [4.69, 9.17) is 37.7 Å². The molecule has 0 spiro atoms. The van der Waals surface area contributed by atoms with Gasteiger partial charge in [-0.3, -0.25) is 0 Å². The van der Waals surface area contributed by atoms with Crippen molar-refractivity contribution in [2.45, 2.75) is 59.7 Å². The van der Waals surface area contributed by atoms with Crippen molar-refractivity contribution in [2.24, 2.45) is 0 Å². The molecule has 1 heterocycles. The lowest BCUT2D eigenvalue weighted by Crippen LogP contribution is -2.20. The molecule has 6 heteroatoms. The Morgan fingerprint density at radius 1 is 1.08 bits per heavy atom. The van der Waals surface area contributed by atoms with Gasteiger partial charge in [-0.1, -0.05) is 42.3 Å². The summed E-state index contributed by atoms with van der Waals surface area (Å²) in [5.74, 6) is 1.21. The fraction of sp³-hybridized carbons (Fsp3) is 0.500. The molecule has 0 amide bonds. The number of ether oxygens (including phenoxy) is 2. The number of aromatic nitrogens is 2. The maximum atomic E-state index is 6.37. The number of benzene rings is 1. The topological polar surface area (TPSA) is 44.2 Å². The fourth-order valence-corrected chi connectivity index (χ4v) is 2.89. The smallest absolute Gasteiger partial charge is 0.220 e. The number of aryl methyl sites for hydroxylation is 1. The Labute approximate surface area is 165 Å². The molecule has 26 heavy (non-hydrogen) atoms. The predicted octanol–water partition coefficient (Wildman–Crippen LogP) is 5.65. The van der Waals surface area contributed by atoms with E-state index in [1.807, 2.05) is 39.8 Å². The zero-order valence-electron chi connectivity index (χ0n) is 16.0. The highest BCUT2D eigenvalue weighted by atomic mass is 35.5. The van der Waals surface area contributed by atoms with Crippen LogP contribution < -0.4 is 4.74 Å². The Kier molecular flexibility index (Phi) is 7.27. The minimum absolute atomic E-state index is 0.255. The second-order valence-electron chi connectivity index (χ2n) is 6.95. The first kappa shape index (κ1) is 20.9. The summed E-state index contributed by atoms with van der Waals surface area (Å²) >= 11 is 12.5. The summed E-state index contributed by atoms with van der Waals surface area (Å²) in [5.41, 5.74) is 2.55. The molecule has 1 aromatic heterocycles. The van der Waals surface area contributed by atoms with E-state index >= 15 is 0 Å². The molecular formula is C20H26Cl2N2O2. The van der Waals surface area contributed by atoms with Crippen molar-refractivity contribution in [1.82, 2.24) is 9.97 Å². The normalized spacial score (nSPS) is 11.7. The van der Waals surface area contributed by atoms with E-state index in [0.717, 1.165) is 23.2 Å². The van der Waals surface area contributed by atoms with Gasteiger partial charge in [-0.2, -0.15) is 4.98 Å². The van der Waals surface area contributed by atoms with Gasteiger partial charge >= 0.3 is 0 Å². The Morgan fingerprint density at radius 3 is 2.42 bits per heavy atom. The van der Waals surface area contributed by atoms with E-state index in [2.05, 4.69) is 11.9 Å². The summed E-state index contributed by atoms with van der Waals surface area (Å²) in [6.07, 6.45) is 1.33. The maximum Gasteiger partial charge on any atom is 0.220 e. The summed E-state index contributed by atoms with van der Waals surface area (Å²) in [4.78, 5) is 9.28. The Balaban J connectivity index is 2.41. The third kappa shape index (κ3) is 5.57. The monoisotopic (exact) mass is 396 g/mol. The van der Waals surface area contributed by atoms with Crippen LogP contribution in [-0.4, -0.2) is 22.2 Å². The van der Waals surface area contributed by atoms with Crippen molar-refractivity contribution < 1.29 is 9.47 Å². The summed E-state index contributed by atoms with van der Waals surface area (Å²) in [6.45, 7) is 10.9. The van der Waals surface area contributed by atoms with Gasteiger partial charge in [-0.15, -0.1) is 0 Å². The van der Waals surface area contributed by atoms with Crippen LogP contribution in [0.15, 0.2) is 18.2 Å². The second kappa shape index (κ2) is 9.03. The van der Waals surface area contributed by atoms with Crippen molar-refractivity contribution in [1.29, 1.82) is 0 Å². The SMILES string of the molecule is CCOc1nc(COC(C)(C)C)nc(CC)c1Cc1cccc(Cl)c1Cl. The highest BCUT2D eigenvalue weighted by Crippen LogP contribution is 2.31. The van der Waals surface area contributed by atoms with Crippen molar-refractivity contribution in [3.05, 3.63) is 50.9 Å². The van der Waals surface area contributed by atoms with Crippen molar-refractivity contribution in [3.8, 4) is 5.88 Å². The molecule has 4 nitrogen and oxygen atoms in total. The average Bonchev–Trinajstić information content (AvgIpc) is 2.58. The van der Waals surface area contributed by atoms with Crippen LogP contribution in [0.25, 0.3) is 0 Å². The van der Waals surface area contributed by atoms with E-state index in [9.17, 15) is 0 Å². The van der Waals surface area contributed by atoms with E-state index in [1.165, 1.54) is 0 Å². The Morgan fingerprint density at radius 2 is 1.81 bits per heavy atom. The Hall–Kier alpha value is -1.36. The number of rotatable bonds is 7. The van der Waals surface area contributed by atoms with Crippen LogP contribution in [0.4, 0.5) is 0 Å². The van der Waals surface area contributed by atoms with Crippen LogP contribution in [0.2, 0.25) is 10.0 Å². The van der Waals surface area contributed by atoms with Crippen molar-refractivity contribution in [2.75, 3.05) is 6.61 Å². The molecule has 1 aromatic carbocycles. The van der Waals surface area contributed by atoms with Gasteiger partial charge in [0.2, 0.25) is 5.88 Å². The second-order valence-corrected chi connectivity index (χ2v) is 7.73. The number of halogens is 2. The molecule has 0 saturated carbocycles. The first-order valence-electron chi connectivity index (χ1n) is 8.83. The molecule has 0 unspecified atom stereocenters. The van der Waals surface area contributed by atoms with Crippen LogP contribution in [0, 0.1) is 0 Å². The first-order chi connectivity index (χ1) is 12.2. The molecule has 0 radical (unpaired) electrons. The van der Waals surface area contributed by atoms with Crippen LogP contribution in [0.5, 0.6) is 5.88 Å². The zero-order chi connectivity index (χ0) is 19.3. The Bertz CT molecular complexity index is 758. The van der Waals surface area contributed by atoms with Gasteiger partial charge in [0, 0.05) is 12.0 Å². The summed E-state index contributed by atoms with van der Waals surface area (Å²) < 4.78 is 11.6. The molecule has 142 valence electrons. The third-order valence-electron chi connectivity index (χ3n) is 3.75. The predicted molar refractivity (Wildman–Crippen MR) is 106 cm³/mol. The highest BCUT2D eigenvalue weighted by Gasteiger charge is 2.18. The fourth-order valence-electron chi connectivity index (χ4n) is 2.50. The van der Waals surface area contributed by atoms with Crippen LogP contribution in [0.3, 0.4) is 0 Å². The van der Waals surface area contributed by atoms with E-state index in [-0.39, 0.29) is 5.60 Å². The van der Waals surface area contributed by atoms with Gasteiger partial charge in [0.15, 0.2) is 5.82 Å². The molecule has 2 rings (SSSR count). The number of nitrogens with zero attached hydrogens (tertiary/aromatic N) is 2. The van der Waals surface area contributed by atoms with Gasteiger partial charge < -0.3 is 9.47 Å². The molecule has 0 bridgehead atoms. The molecular weight excluding hydrogens is 371 g/mol. The molecule has 0 aliphatic carbocycles. The zero-order valence-corrected chi connectivity index (χ0v) is 17.5. The summed E-state index contributed by atoms with van der Waals surface area (Å²) in [5, 5.41) is 1.09. The molecule has 0 saturated heterocycles. The lowest BCUT2D eigenvalue weighted by atomic mass is 10.0.